The number of benzene rings is 1. The molecule has 1 aromatic rings. The molecular formula is C11H13F2NOS. The van der Waals surface area contributed by atoms with Gasteiger partial charge in [0, 0.05) is 46.0 Å². The van der Waals surface area contributed by atoms with E-state index in [0.717, 1.165) is 6.07 Å². The summed E-state index contributed by atoms with van der Waals surface area (Å²) in [5.74, 6) is -0.792. The summed E-state index contributed by atoms with van der Waals surface area (Å²) in [5, 5.41) is 3.20. The summed E-state index contributed by atoms with van der Waals surface area (Å²) in [5.41, 5.74) is 0.390. The van der Waals surface area contributed by atoms with E-state index in [4.69, 9.17) is 0 Å². The molecule has 0 bridgehead atoms. The van der Waals surface area contributed by atoms with E-state index in [0.29, 0.717) is 17.9 Å². The van der Waals surface area contributed by atoms with Crippen LogP contribution in [-0.2, 0) is 10.8 Å². The normalized spacial score (nSPS) is 30.3. The lowest BCUT2D eigenvalue weighted by Crippen LogP contribution is -2.41. The summed E-state index contributed by atoms with van der Waals surface area (Å²) in [6, 6.07) is 3.21. The average molecular weight is 245 g/mol. The molecule has 88 valence electrons. The van der Waals surface area contributed by atoms with E-state index in [1.807, 2.05) is 6.92 Å². The largest absolute Gasteiger partial charge is 0.308 e. The fourth-order valence-electron chi connectivity index (χ4n) is 1.77. The van der Waals surface area contributed by atoms with Crippen molar-refractivity contribution in [2.24, 2.45) is 0 Å². The Morgan fingerprint density at radius 1 is 1.44 bits per heavy atom. The van der Waals surface area contributed by atoms with Gasteiger partial charge >= 0.3 is 0 Å². The van der Waals surface area contributed by atoms with Crippen LogP contribution >= 0.6 is 0 Å². The number of rotatable bonds is 1. The molecule has 3 atom stereocenters. The van der Waals surface area contributed by atoms with E-state index in [-0.39, 0.29) is 11.3 Å². The van der Waals surface area contributed by atoms with Crippen molar-refractivity contribution in [2.45, 2.75) is 18.2 Å². The third-order valence-corrected chi connectivity index (χ3v) is 4.50. The highest BCUT2D eigenvalue weighted by Crippen LogP contribution is 2.22. The van der Waals surface area contributed by atoms with Crippen LogP contribution in [0.1, 0.15) is 18.5 Å². The standard InChI is InChI=1S/C11H13F2NOS/c1-7-5-14-11(6-16(7)15)9-3-2-8(12)4-10(9)13/h2-4,7,11,14H,5-6H2,1H3. The van der Waals surface area contributed by atoms with Gasteiger partial charge in [-0.25, -0.2) is 8.78 Å². The molecule has 16 heavy (non-hydrogen) atoms. The Balaban J connectivity index is 2.22. The van der Waals surface area contributed by atoms with E-state index in [2.05, 4.69) is 5.32 Å². The molecule has 1 saturated heterocycles. The fourth-order valence-corrected chi connectivity index (χ4v) is 3.01. The summed E-state index contributed by atoms with van der Waals surface area (Å²) in [6.07, 6.45) is 0. The Morgan fingerprint density at radius 2 is 2.19 bits per heavy atom. The lowest BCUT2D eigenvalue weighted by molar-refractivity contribution is 0.503. The van der Waals surface area contributed by atoms with Gasteiger partial charge in [-0.1, -0.05) is 6.07 Å². The molecule has 0 radical (unpaired) electrons. The van der Waals surface area contributed by atoms with Gasteiger partial charge in [-0.2, -0.15) is 0 Å². The summed E-state index contributed by atoms with van der Waals surface area (Å²) >= 11 is 0. The molecular weight excluding hydrogens is 232 g/mol. The molecule has 1 aliphatic heterocycles. The molecule has 3 unspecified atom stereocenters. The van der Waals surface area contributed by atoms with Crippen molar-refractivity contribution in [1.29, 1.82) is 0 Å². The minimum absolute atomic E-state index is 0.0831. The summed E-state index contributed by atoms with van der Waals surface area (Å²) < 4.78 is 37.8. The van der Waals surface area contributed by atoms with E-state index >= 15 is 0 Å². The third kappa shape index (κ3) is 2.30. The smallest absolute Gasteiger partial charge is 0.130 e. The van der Waals surface area contributed by atoms with Crippen molar-refractivity contribution in [2.75, 3.05) is 12.3 Å². The Bertz CT molecular complexity index is 424. The molecule has 1 aromatic carbocycles. The molecule has 2 nitrogen and oxygen atoms in total. The highest BCUT2D eigenvalue weighted by Gasteiger charge is 2.26. The number of hydrogen-bond donors (Lipinski definition) is 1. The lowest BCUT2D eigenvalue weighted by atomic mass is 10.1. The van der Waals surface area contributed by atoms with Crippen molar-refractivity contribution in [3.05, 3.63) is 35.4 Å². The average Bonchev–Trinajstić information content (AvgIpc) is 2.22. The van der Waals surface area contributed by atoms with E-state index in [9.17, 15) is 13.0 Å². The summed E-state index contributed by atoms with van der Waals surface area (Å²) in [7, 11) is -0.952. The zero-order valence-corrected chi connectivity index (χ0v) is 9.69. The second-order valence-corrected chi connectivity index (χ2v) is 5.88. The van der Waals surface area contributed by atoms with Crippen LogP contribution in [0, 0.1) is 11.6 Å². The Labute approximate surface area is 95.5 Å². The Kier molecular flexibility index (Phi) is 3.35. The van der Waals surface area contributed by atoms with Crippen LogP contribution in [0.15, 0.2) is 18.2 Å². The second kappa shape index (κ2) is 4.59. The number of hydrogen-bond acceptors (Lipinski definition) is 2. The van der Waals surface area contributed by atoms with E-state index < -0.39 is 22.4 Å². The van der Waals surface area contributed by atoms with Gasteiger partial charge in [-0.15, -0.1) is 0 Å². The van der Waals surface area contributed by atoms with Crippen LogP contribution in [0.3, 0.4) is 0 Å². The first-order valence-electron chi connectivity index (χ1n) is 5.13. The third-order valence-electron chi connectivity index (χ3n) is 2.77. The van der Waals surface area contributed by atoms with E-state index in [1.54, 1.807) is 0 Å². The van der Waals surface area contributed by atoms with Gasteiger partial charge in [-0.05, 0) is 13.0 Å². The molecule has 1 heterocycles. The maximum absolute atomic E-state index is 13.5. The minimum Gasteiger partial charge on any atom is -0.308 e. The van der Waals surface area contributed by atoms with Crippen LogP contribution in [-0.4, -0.2) is 21.8 Å². The molecule has 1 N–H and O–H groups in total. The Hall–Kier alpha value is -0.810. The molecule has 5 heteroatoms. The first-order chi connectivity index (χ1) is 7.58. The molecule has 0 amide bonds. The fraction of sp³-hybridized carbons (Fsp3) is 0.455. The monoisotopic (exact) mass is 245 g/mol. The van der Waals surface area contributed by atoms with Crippen LogP contribution in [0.25, 0.3) is 0 Å². The molecule has 0 aromatic heterocycles. The molecule has 0 saturated carbocycles. The predicted octanol–water partition coefficient (Wildman–Crippen LogP) is 1.75. The highest BCUT2D eigenvalue weighted by molar-refractivity contribution is 7.85. The van der Waals surface area contributed by atoms with Gasteiger partial charge in [0.05, 0.1) is 0 Å². The topological polar surface area (TPSA) is 29.1 Å². The molecule has 2 rings (SSSR count). The van der Waals surface area contributed by atoms with Crippen molar-refractivity contribution >= 4 is 10.8 Å². The maximum Gasteiger partial charge on any atom is 0.130 e. The molecule has 1 aliphatic rings. The van der Waals surface area contributed by atoms with Crippen LogP contribution in [0.5, 0.6) is 0 Å². The predicted molar refractivity (Wildman–Crippen MR) is 59.6 cm³/mol. The second-order valence-electron chi connectivity index (χ2n) is 3.98. The SMILES string of the molecule is CC1CNC(c2ccc(F)cc2F)CS1=O. The first-order valence-corrected chi connectivity index (χ1v) is 6.51. The van der Waals surface area contributed by atoms with Crippen LogP contribution < -0.4 is 5.32 Å². The van der Waals surface area contributed by atoms with Gasteiger partial charge in [-0.3, -0.25) is 4.21 Å². The van der Waals surface area contributed by atoms with Gasteiger partial charge in [0.15, 0.2) is 0 Å². The van der Waals surface area contributed by atoms with Crippen molar-refractivity contribution < 1.29 is 13.0 Å². The van der Waals surface area contributed by atoms with Gasteiger partial charge in [0.2, 0.25) is 0 Å². The number of nitrogens with one attached hydrogen (secondary N) is 1. The van der Waals surface area contributed by atoms with E-state index in [1.165, 1.54) is 12.1 Å². The first kappa shape index (κ1) is 11.7. The zero-order chi connectivity index (χ0) is 11.7. The van der Waals surface area contributed by atoms with Gasteiger partial charge in [0.1, 0.15) is 11.6 Å². The quantitative estimate of drug-likeness (QED) is 0.816. The number of halogens is 2. The Morgan fingerprint density at radius 3 is 2.81 bits per heavy atom. The minimum atomic E-state index is -0.952. The van der Waals surface area contributed by atoms with Crippen molar-refractivity contribution in [3.63, 3.8) is 0 Å². The van der Waals surface area contributed by atoms with Crippen molar-refractivity contribution in [3.8, 4) is 0 Å². The molecule has 1 fully saturated rings. The van der Waals surface area contributed by atoms with Crippen LogP contribution in [0.4, 0.5) is 8.78 Å². The molecule has 0 aliphatic carbocycles. The maximum atomic E-state index is 13.5. The zero-order valence-electron chi connectivity index (χ0n) is 8.87. The molecule has 0 spiro atoms. The van der Waals surface area contributed by atoms with Crippen molar-refractivity contribution in [1.82, 2.24) is 5.32 Å². The summed E-state index contributed by atoms with van der Waals surface area (Å²) in [6.45, 7) is 2.48. The lowest BCUT2D eigenvalue weighted by Gasteiger charge is -2.27. The van der Waals surface area contributed by atoms with Crippen LogP contribution in [0.2, 0.25) is 0 Å². The van der Waals surface area contributed by atoms with Gasteiger partial charge in [0.25, 0.3) is 0 Å². The highest BCUT2D eigenvalue weighted by atomic mass is 32.2. The summed E-state index contributed by atoms with van der Waals surface area (Å²) in [4.78, 5) is 0. The van der Waals surface area contributed by atoms with Gasteiger partial charge < -0.3 is 5.32 Å².